The minimum absolute atomic E-state index is 0.0943. The Labute approximate surface area is 154 Å². The van der Waals surface area contributed by atoms with Crippen molar-refractivity contribution in [3.8, 4) is 0 Å². The van der Waals surface area contributed by atoms with Gasteiger partial charge in [0.25, 0.3) is 4.84 Å². The van der Waals surface area contributed by atoms with Crippen LogP contribution in [0.1, 0.15) is 23.8 Å². The lowest BCUT2D eigenvalue weighted by Crippen LogP contribution is -2.22. The van der Waals surface area contributed by atoms with Gasteiger partial charge in [0.2, 0.25) is 5.89 Å². The molecule has 1 atom stereocenters. The van der Waals surface area contributed by atoms with E-state index < -0.39 is 9.84 Å². The first-order valence-corrected chi connectivity index (χ1v) is 10.6. The number of nitrogens with zero attached hydrogens (tertiary/aromatic N) is 3. The zero-order valence-electron chi connectivity index (χ0n) is 13.2. The third kappa shape index (κ3) is 4.33. The molecule has 9 heteroatoms. The number of halogens is 1. The van der Waals surface area contributed by atoms with Gasteiger partial charge in [0.15, 0.2) is 9.84 Å². The molecule has 1 fully saturated rings. The fourth-order valence-electron chi connectivity index (χ4n) is 2.75. The fraction of sp³-hybridized carbons (Fsp3) is 0.467. The Morgan fingerprint density at radius 2 is 2.12 bits per heavy atom. The molecular weight excluding hydrogens is 414 g/mol. The molecule has 1 aliphatic rings. The van der Waals surface area contributed by atoms with Gasteiger partial charge in [0.05, 0.1) is 24.1 Å². The summed E-state index contributed by atoms with van der Waals surface area (Å²) in [5, 5.41) is 4.39. The van der Waals surface area contributed by atoms with Gasteiger partial charge in [-0.1, -0.05) is 28.1 Å². The molecule has 0 saturated carbocycles. The largest absolute Gasteiger partial charge is 0.414 e. The van der Waals surface area contributed by atoms with Crippen molar-refractivity contribution >= 4 is 38.0 Å². The minimum atomic E-state index is -2.97. The molecule has 0 aliphatic carbocycles. The first-order valence-electron chi connectivity index (χ1n) is 7.54. The molecule has 0 bridgehead atoms. The Morgan fingerprint density at radius 1 is 1.42 bits per heavy atom. The van der Waals surface area contributed by atoms with Crippen molar-refractivity contribution in [2.24, 2.45) is 0 Å². The molecule has 6 nitrogen and oxygen atoms in total. The fourth-order valence-corrected chi connectivity index (χ4v) is 4.93. The summed E-state index contributed by atoms with van der Waals surface area (Å²) in [6.07, 6.45) is 0.548. The van der Waals surface area contributed by atoms with Gasteiger partial charge >= 0.3 is 0 Å². The van der Waals surface area contributed by atoms with E-state index in [9.17, 15) is 8.42 Å². The summed E-state index contributed by atoms with van der Waals surface area (Å²) in [6.45, 7) is 1.23. The van der Waals surface area contributed by atoms with Crippen molar-refractivity contribution in [2.75, 3.05) is 18.6 Å². The van der Waals surface area contributed by atoms with Crippen LogP contribution in [0.4, 0.5) is 0 Å². The highest BCUT2D eigenvalue weighted by Crippen LogP contribution is 2.27. The molecule has 0 spiro atoms. The highest BCUT2D eigenvalue weighted by molar-refractivity contribution is 9.10. The second-order valence-electron chi connectivity index (χ2n) is 6.09. The average molecular weight is 432 g/mol. The van der Waals surface area contributed by atoms with E-state index in [4.69, 9.17) is 16.6 Å². The number of aromatic nitrogens is 2. The average Bonchev–Trinajstić information content (AvgIpc) is 3.04. The van der Waals surface area contributed by atoms with Crippen molar-refractivity contribution < 1.29 is 12.8 Å². The van der Waals surface area contributed by atoms with Crippen molar-refractivity contribution in [3.63, 3.8) is 0 Å². The van der Waals surface area contributed by atoms with Crippen molar-refractivity contribution in [3.05, 3.63) is 45.0 Å². The highest BCUT2D eigenvalue weighted by Gasteiger charge is 2.32. The lowest BCUT2D eigenvalue weighted by Gasteiger charge is -2.16. The number of benzene rings is 1. The Balaban J connectivity index is 1.67. The maximum atomic E-state index is 11.6. The maximum absolute atomic E-state index is 11.6. The predicted octanol–water partition coefficient (Wildman–Crippen LogP) is 2.96. The second-order valence-corrected chi connectivity index (χ2v) is 9.58. The van der Waals surface area contributed by atoms with Gasteiger partial charge in [-0.05, 0) is 43.4 Å². The van der Waals surface area contributed by atoms with Crippen molar-refractivity contribution in [1.82, 2.24) is 14.7 Å². The molecule has 1 aromatic heterocycles. The minimum Gasteiger partial charge on any atom is -0.414 e. The summed E-state index contributed by atoms with van der Waals surface area (Å²) in [6, 6.07) is 8.11. The lowest BCUT2D eigenvalue weighted by atomic mass is 10.1. The van der Waals surface area contributed by atoms with Gasteiger partial charge in [-0.3, -0.25) is 4.90 Å². The summed E-state index contributed by atoms with van der Waals surface area (Å²) >= 11 is 8.64. The van der Waals surface area contributed by atoms with E-state index in [1.54, 1.807) is 4.68 Å². The normalized spacial score (nSPS) is 19.9. The molecule has 0 N–H and O–H groups in total. The molecule has 2 heterocycles. The summed E-state index contributed by atoms with van der Waals surface area (Å²) in [4.78, 5) is 2.34. The maximum Gasteiger partial charge on any atom is 0.288 e. The second kappa shape index (κ2) is 7.07. The number of hydrogen-bond acceptors (Lipinski definition) is 6. The number of rotatable bonds is 5. The molecular formula is C15H18BrN3O3S2. The summed E-state index contributed by atoms with van der Waals surface area (Å²) in [5.41, 5.74) is 1.18. The molecule has 0 radical (unpaired) electrons. The van der Waals surface area contributed by atoms with Gasteiger partial charge < -0.3 is 4.42 Å². The summed E-state index contributed by atoms with van der Waals surface area (Å²) in [7, 11) is -1.00. The van der Waals surface area contributed by atoms with Gasteiger partial charge in [-0.15, -0.1) is 5.10 Å². The van der Waals surface area contributed by atoms with Crippen LogP contribution in [0.2, 0.25) is 0 Å². The Morgan fingerprint density at radius 3 is 2.75 bits per heavy atom. The standard InChI is InChI=1S/C15H18BrN3O3S2/c1-18(8-11-2-4-13(16)5-3-11)10-19-15(23)22-14(17-19)12-6-7-24(20,21)9-12/h2-5,12H,6-10H2,1H3/t12-/m1/s1. The lowest BCUT2D eigenvalue weighted by molar-refractivity contribution is 0.240. The van der Waals surface area contributed by atoms with Crippen LogP contribution in [0.15, 0.2) is 33.2 Å². The summed E-state index contributed by atoms with van der Waals surface area (Å²) < 4.78 is 31.4. The topological polar surface area (TPSA) is 68.3 Å². The molecule has 0 unspecified atom stereocenters. The molecule has 1 aromatic carbocycles. The molecule has 2 aromatic rings. The van der Waals surface area contributed by atoms with Crippen LogP contribution in [0.3, 0.4) is 0 Å². The number of sulfone groups is 1. The van der Waals surface area contributed by atoms with Crippen LogP contribution >= 0.6 is 28.1 Å². The van der Waals surface area contributed by atoms with Crippen LogP contribution in [0, 0.1) is 4.84 Å². The summed E-state index contributed by atoms with van der Waals surface area (Å²) in [5.74, 6) is 0.528. The smallest absolute Gasteiger partial charge is 0.288 e. The zero-order valence-corrected chi connectivity index (χ0v) is 16.4. The monoisotopic (exact) mass is 431 g/mol. The third-order valence-corrected chi connectivity index (χ3v) is 6.54. The van der Waals surface area contributed by atoms with E-state index in [2.05, 4.69) is 38.1 Å². The first-order chi connectivity index (χ1) is 11.3. The molecule has 130 valence electrons. The zero-order chi connectivity index (χ0) is 17.3. The van der Waals surface area contributed by atoms with Gasteiger partial charge in [0.1, 0.15) is 0 Å². The van der Waals surface area contributed by atoms with Crippen LogP contribution in [0.5, 0.6) is 0 Å². The van der Waals surface area contributed by atoms with Crippen LogP contribution in [0.25, 0.3) is 0 Å². The number of hydrogen-bond donors (Lipinski definition) is 0. The van der Waals surface area contributed by atoms with E-state index in [0.717, 1.165) is 11.0 Å². The first kappa shape index (κ1) is 17.8. The van der Waals surface area contributed by atoms with Crippen LogP contribution < -0.4 is 0 Å². The van der Waals surface area contributed by atoms with Crippen LogP contribution in [-0.4, -0.2) is 41.7 Å². The molecule has 24 heavy (non-hydrogen) atoms. The van der Waals surface area contributed by atoms with Crippen molar-refractivity contribution in [1.29, 1.82) is 0 Å². The van der Waals surface area contributed by atoms with E-state index in [1.165, 1.54) is 5.56 Å². The quantitative estimate of drug-likeness (QED) is 0.677. The Bertz CT molecular complexity index is 874. The molecule has 1 aliphatic heterocycles. The van der Waals surface area contributed by atoms with Gasteiger partial charge in [-0.2, -0.15) is 0 Å². The SMILES string of the molecule is CN(Cc1ccc(Br)cc1)Cn1nc([C@@H]2CCS(=O)(=O)C2)oc1=S. The third-order valence-electron chi connectivity index (χ3n) is 3.94. The van der Waals surface area contributed by atoms with Crippen molar-refractivity contribution in [2.45, 2.75) is 25.6 Å². The Kier molecular flexibility index (Phi) is 5.24. The van der Waals surface area contributed by atoms with Gasteiger partial charge in [-0.25, -0.2) is 13.1 Å². The molecule has 3 rings (SSSR count). The van der Waals surface area contributed by atoms with E-state index in [0.29, 0.717) is 19.0 Å². The molecule has 1 saturated heterocycles. The Hall–Kier alpha value is -1.03. The van der Waals surface area contributed by atoms with E-state index >= 15 is 0 Å². The van der Waals surface area contributed by atoms with E-state index in [-0.39, 0.29) is 22.3 Å². The van der Waals surface area contributed by atoms with E-state index in [1.807, 2.05) is 19.2 Å². The van der Waals surface area contributed by atoms with Crippen LogP contribution in [-0.2, 0) is 23.1 Å². The molecule has 0 amide bonds. The van der Waals surface area contributed by atoms with Gasteiger partial charge in [0, 0.05) is 11.0 Å². The predicted molar refractivity (Wildman–Crippen MR) is 96.9 cm³/mol. The highest BCUT2D eigenvalue weighted by atomic mass is 79.9.